The molecule has 2 amide bonds. The van der Waals surface area contributed by atoms with Gasteiger partial charge in [0.15, 0.2) is 0 Å². The van der Waals surface area contributed by atoms with Crippen molar-refractivity contribution in [3.05, 3.63) is 29.8 Å². The Morgan fingerprint density at radius 3 is 2.25 bits per heavy atom. The van der Waals surface area contributed by atoms with E-state index in [2.05, 4.69) is 5.32 Å². The van der Waals surface area contributed by atoms with Gasteiger partial charge in [-0.3, -0.25) is 9.59 Å². The molecule has 0 aromatic heterocycles. The molecule has 0 unspecified atom stereocenters. The van der Waals surface area contributed by atoms with Gasteiger partial charge in [-0.25, -0.2) is 0 Å². The highest BCUT2D eigenvalue weighted by molar-refractivity contribution is 5.99. The van der Waals surface area contributed by atoms with E-state index in [0.717, 1.165) is 25.7 Å². The second-order valence-corrected chi connectivity index (χ2v) is 5.01. The van der Waals surface area contributed by atoms with Crippen molar-refractivity contribution < 1.29 is 9.59 Å². The van der Waals surface area contributed by atoms with Gasteiger partial charge in [-0.1, -0.05) is 12.1 Å². The molecule has 2 rings (SSSR count). The van der Waals surface area contributed by atoms with Gasteiger partial charge in [-0.05, 0) is 37.8 Å². The second kappa shape index (κ2) is 7.14. The molecule has 1 saturated carbocycles. The fraction of sp³-hybridized carbons (Fsp3) is 0.429. The number of nitrogens with one attached hydrogen (secondary N) is 1. The number of hydrogen-bond donors (Lipinski definition) is 3. The van der Waals surface area contributed by atoms with Crippen LogP contribution in [0.5, 0.6) is 0 Å². The van der Waals surface area contributed by atoms with Crippen molar-refractivity contribution in [2.45, 2.75) is 31.7 Å². The largest absolute Gasteiger partial charge is 0.398 e. The molecule has 5 N–H and O–H groups in total. The molecule has 0 atom stereocenters. The quantitative estimate of drug-likeness (QED) is 0.737. The van der Waals surface area contributed by atoms with Gasteiger partial charge in [0.25, 0.3) is 5.91 Å². The van der Waals surface area contributed by atoms with E-state index < -0.39 is 0 Å². The molecule has 1 aliphatic carbocycles. The molecule has 0 aliphatic heterocycles. The third kappa shape index (κ3) is 3.87. The maximum Gasteiger partial charge on any atom is 0.253 e. The fourth-order valence-electron chi connectivity index (χ4n) is 2.49. The first kappa shape index (κ1) is 16.3. The lowest BCUT2D eigenvalue weighted by molar-refractivity contribution is -0.122. The van der Waals surface area contributed by atoms with Crippen LogP contribution >= 0.6 is 12.4 Å². The zero-order chi connectivity index (χ0) is 13.8. The molecule has 110 valence electrons. The average Bonchev–Trinajstić information content (AvgIpc) is 2.39. The summed E-state index contributed by atoms with van der Waals surface area (Å²) in [6, 6.07) is 7.10. The van der Waals surface area contributed by atoms with E-state index >= 15 is 0 Å². The molecule has 1 fully saturated rings. The van der Waals surface area contributed by atoms with Gasteiger partial charge in [0.2, 0.25) is 5.91 Å². The number of hydrogen-bond acceptors (Lipinski definition) is 3. The van der Waals surface area contributed by atoms with Crippen molar-refractivity contribution in [3.8, 4) is 0 Å². The minimum absolute atomic E-state index is 0. The van der Waals surface area contributed by atoms with Crippen LogP contribution in [0.3, 0.4) is 0 Å². The highest BCUT2D eigenvalue weighted by atomic mass is 35.5. The van der Waals surface area contributed by atoms with Crippen LogP contribution in [0.2, 0.25) is 0 Å². The smallest absolute Gasteiger partial charge is 0.253 e. The number of carbonyl (C=O) groups is 2. The molecule has 1 aromatic carbocycles. The normalized spacial score (nSPS) is 21.6. The van der Waals surface area contributed by atoms with Gasteiger partial charge < -0.3 is 16.8 Å². The summed E-state index contributed by atoms with van der Waals surface area (Å²) in [5, 5.41) is 2.96. The Labute approximate surface area is 124 Å². The van der Waals surface area contributed by atoms with Crippen LogP contribution in [0.4, 0.5) is 5.69 Å². The van der Waals surface area contributed by atoms with Gasteiger partial charge in [0.1, 0.15) is 0 Å². The minimum atomic E-state index is -0.239. The molecule has 0 heterocycles. The van der Waals surface area contributed by atoms with Crippen LogP contribution < -0.4 is 16.8 Å². The highest BCUT2D eigenvalue weighted by Gasteiger charge is 2.25. The first-order chi connectivity index (χ1) is 9.08. The van der Waals surface area contributed by atoms with E-state index in [-0.39, 0.29) is 36.2 Å². The molecule has 0 spiro atoms. The first-order valence-electron chi connectivity index (χ1n) is 6.52. The van der Waals surface area contributed by atoms with Crippen molar-refractivity contribution in [1.82, 2.24) is 5.32 Å². The van der Waals surface area contributed by atoms with Gasteiger partial charge in [-0.15, -0.1) is 12.4 Å². The molecule has 20 heavy (non-hydrogen) atoms. The molecular weight excluding hydrogens is 278 g/mol. The van der Waals surface area contributed by atoms with Crippen molar-refractivity contribution in [2.24, 2.45) is 11.7 Å². The van der Waals surface area contributed by atoms with Crippen LogP contribution in [0.1, 0.15) is 36.0 Å². The zero-order valence-corrected chi connectivity index (χ0v) is 12.0. The third-order valence-electron chi connectivity index (χ3n) is 3.67. The SMILES string of the molecule is Cl.NC(=O)C1CCC(NC(=O)c2ccccc2N)CC1. The van der Waals surface area contributed by atoms with Gasteiger partial charge in [-0.2, -0.15) is 0 Å². The molecule has 0 saturated heterocycles. The first-order valence-corrected chi connectivity index (χ1v) is 6.52. The van der Waals surface area contributed by atoms with E-state index in [1.807, 2.05) is 0 Å². The number of benzene rings is 1. The summed E-state index contributed by atoms with van der Waals surface area (Å²) in [6.45, 7) is 0. The lowest BCUT2D eigenvalue weighted by Gasteiger charge is -2.27. The molecule has 1 aromatic rings. The third-order valence-corrected chi connectivity index (χ3v) is 3.67. The Morgan fingerprint density at radius 2 is 1.70 bits per heavy atom. The van der Waals surface area contributed by atoms with Crippen LogP contribution in [-0.4, -0.2) is 17.9 Å². The predicted octanol–water partition coefficient (Wildman–Crippen LogP) is 1.46. The van der Waals surface area contributed by atoms with E-state index in [0.29, 0.717) is 11.3 Å². The number of anilines is 1. The topological polar surface area (TPSA) is 98.2 Å². The van der Waals surface area contributed by atoms with Crippen molar-refractivity contribution in [2.75, 3.05) is 5.73 Å². The maximum atomic E-state index is 12.1. The number of halogens is 1. The summed E-state index contributed by atoms with van der Waals surface area (Å²) in [5.74, 6) is -0.437. The monoisotopic (exact) mass is 297 g/mol. The predicted molar refractivity (Wildman–Crippen MR) is 80.5 cm³/mol. The minimum Gasteiger partial charge on any atom is -0.398 e. The molecule has 0 bridgehead atoms. The second-order valence-electron chi connectivity index (χ2n) is 5.01. The number of para-hydroxylation sites is 1. The summed E-state index contributed by atoms with van der Waals surface area (Å²) in [5.41, 5.74) is 12.0. The zero-order valence-electron chi connectivity index (χ0n) is 11.2. The number of amides is 2. The molecule has 1 aliphatic rings. The standard InChI is InChI=1S/C14H19N3O2.ClH/c15-12-4-2-1-3-11(12)14(19)17-10-7-5-9(6-8-10)13(16)18;/h1-4,9-10H,5-8,15H2,(H2,16,18)(H,17,19);1H. The van der Waals surface area contributed by atoms with E-state index in [1.54, 1.807) is 24.3 Å². The van der Waals surface area contributed by atoms with Crippen molar-refractivity contribution in [3.63, 3.8) is 0 Å². The lowest BCUT2D eigenvalue weighted by atomic mass is 9.85. The van der Waals surface area contributed by atoms with Crippen LogP contribution in [-0.2, 0) is 4.79 Å². The number of carbonyl (C=O) groups excluding carboxylic acids is 2. The highest BCUT2D eigenvalue weighted by Crippen LogP contribution is 2.24. The van der Waals surface area contributed by atoms with Crippen LogP contribution in [0, 0.1) is 5.92 Å². The van der Waals surface area contributed by atoms with Gasteiger partial charge >= 0.3 is 0 Å². The molecule has 0 radical (unpaired) electrons. The number of primary amides is 1. The maximum absolute atomic E-state index is 12.1. The Hall–Kier alpha value is -1.75. The number of nitrogens with two attached hydrogens (primary N) is 2. The Kier molecular flexibility index (Phi) is 5.82. The Bertz CT molecular complexity index is 485. The van der Waals surface area contributed by atoms with E-state index in [1.165, 1.54) is 0 Å². The summed E-state index contributed by atoms with van der Waals surface area (Å²) in [6.07, 6.45) is 3.05. The summed E-state index contributed by atoms with van der Waals surface area (Å²) in [4.78, 5) is 23.1. The van der Waals surface area contributed by atoms with Crippen LogP contribution in [0.15, 0.2) is 24.3 Å². The fourth-order valence-corrected chi connectivity index (χ4v) is 2.49. The number of rotatable bonds is 3. The molecular formula is C14H20ClN3O2. The Morgan fingerprint density at radius 1 is 1.10 bits per heavy atom. The molecule has 6 heteroatoms. The summed E-state index contributed by atoms with van der Waals surface area (Å²) in [7, 11) is 0. The number of nitrogen functional groups attached to an aromatic ring is 1. The van der Waals surface area contributed by atoms with Crippen LogP contribution in [0.25, 0.3) is 0 Å². The summed E-state index contributed by atoms with van der Waals surface area (Å²) < 4.78 is 0. The lowest BCUT2D eigenvalue weighted by Crippen LogP contribution is -2.39. The van der Waals surface area contributed by atoms with Crippen molar-refractivity contribution >= 4 is 29.9 Å². The van der Waals surface area contributed by atoms with Gasteiger partial charge in [0.05, 0.1) is 5.56 Å². The van der Waals surface area contributed by atoms with E-state index in [4.69, 9.17) is 11.5 Å². The average molecular weight is 298 g/mol. The van der Waals surface area contributed by atoms with Crippen molar-refractivity contribution in [1.29, 1.82) is 0 Å². The van der Waals surface area contributed by atoms with E-state index in [9.17, 15) is 9.59 Å². The Balaban J connectivity index is 0.00000200. The molecule has 5 nitrogen and oxygen atoms in total. The summed E-state index contributed by atoms with van der Waals surface area (Å²) >= 11 is 0. The van der Waals surface area contributed by atoms with Gasteiger partial charge in [0, 0.05) is 17.6 Å².